The summed E-state index contributed by atoms with van der Waals surface area (Å²) in [4.78, 5) is 31.8. The maximum Gasteiger partial charge on any atom is 0.337 e. The fourth-order valence-corrected chi connectivity index (χ4v) is 6.12. The summed E-state index contributed by atoms with van der Waals surface area (Å²) in [5.74, 6) is 1.69. The number of rotatable bonds is 12. The van der Waals surface area contributed by atoms with Crippen LogP contribution in [0.15, 0.2) is 86.7 Å². The topological polar surface area (TPSA) is 97.6 Å². The molecule has 0 fully saturated rings. The number of carbonyl (C=O) groups is 1. The monoisotopic (exact) mass is 692 g/mol. The summed E-state index contributed by atoms with van der Waals surface area (Å²) < 4.78 is 31.5. The van der Waals surface area contributed by atoms with Gasteiger partial charge in [-0.25, -0.2) is 9.79 Å². The van der Waals surface area contributed by atoms with Crippen LogP contribution >= 0.6 is 27.3 Å². The van der Waals surface area contributed by atoms with Gasteiger partial charge in [0.1, 0.15) is 6.61 Å². The van der Waals surface area contributed by atoms with Crippen molar-refractivity contribution in [1.82, 2.24) is 4.57 Å². The summed E-state index contributed by atoms with van der Waals surface area (Å²) in [6, 6.07) is 18.1. The lowest BCUT2D eigenvalue weighted by molar-refractivity contribution is -0.136. The van der Waals surface area contributed by atoms with E-state index in [1.165, 1.54) is 29.2 Å². The van der Waals surface area contributed by atoms with Gasteiger partial charge in [0.05, 0.1) is 43.1 Å². The predicted octanol–water partition coefficient (Wildman–Crippen LogP) is 5.56. The van der Waals surface area contributed by atoms with E-state index in [0.717, 1.165) is 15.6 Å². The molecule has 1 aliphatic heterocycles. The highest BCUT2D eigenvalue weighted by molar-refractivity contribution is 9.10. The molecule has 1 atom stereocenters. The van der Waals surface area contributed by atoms with Gasteiger partial charge in [0.2, 0.25) is 0 Å². The fraction of sp³-hybridized carbons (Fsp3) is 0.265. The van der Waals surface area contributed by atoms with Gasteiger partial charge in [-0.2, -0.15) is 0 Å². The Balaban J connectivity index is 1.54. The van der Waals surface area contributed by atoms with E-state index in [0.29, 0.717) is 64.3 Å². The molecule has 9 nitrogen and oxygen atoms in total. The third kappa shape index (κ3) is 7.15. The van der Waals surface area contributed by atoms with E-state index in [4.69, 9.17) is 23.7 Å². The van der Waals surface area contributed by atoms with Crippen LogP contribution in [-0.2, 0) is 16.1 Å². The van der Waals surface area contributed by atoms with Gasteiger partial charge >= 0.3 is 5.97 Å². The molecule has 45 heavy (non-hydrogen) atoms. The average Bonchev–Trinajstić information content (AvgIpc) is 3.36. The molecule has 0 spiro atoms. The van der Waals surface area contributed by atoms with Crippen LogP contribution in [0.3, 0.4) is 0 Å². The Kier molecular flexibility index (Phi) is 10.4. The third-order valence-corrected chi connectivity index (χ3v) is 8.41. The van der Waals surface area contributed by atoms with Crippen molar-refractivity contribution < 1.29 is 28.5 Å². The lowest BCUT2D eigenvalue weighted by Crippen LogP contribution is -2.39. The minimum absolute atomic E-state index is 0.231. The molecular formula is C34H33BrN2O7S. The summed E-state index contributed by atoms with van der Waals surface area (Å²) in [6.07, 6.45) is 3.25. The fourth-order valence-electron chi connectivity index (χ4n) is 4.88. The number of thiazole rings is 1. The van der Waals surface area contributed by atoms with E-state index < -0.39 is 12.0 Å². The predicted molar refractivity (Wildman–Crippen MR) is 176 cm³/mol. The average molecular weight is 694 g/mol. The van der Waals surface area contributed by atoms with Crippen molar-refractivity contribution in [3.05, 3.63) is 113 Å². The first kappa shape index (κ1) is 32.1. The van der Waals surface area contributed by atoms with Crippen LogP contribution in [0, 0.1) is 0 Å². The first-order valence-electron chi connectivity index (χ1n) is 14.5. The Morgan fingerprint density at radius 1 is 0.889 bits per heavy atom. The molecular weight excluding hydrogens is 660 g/mol. The molecule has 5 rings (SSSR count). The number of nitrogens with zero attached hydrogens (tertiary/aromatic N) is 2. The molecule has 4 aromatic rings. The number of benzene rings is 3. The first-order valence-corrected chi connectivity index (χ1v) is 16.1. The van der Waals surface area contributed by atoms with E-state index in [9.17, 15) is 9.59 Å². The molecule has 11 heteroatoms. The zero-order chi connectivity index (χ0) is 31.9. The highest BCUT2D eigenvalue weighted by Gasteiger charge is 2.31. The maximum absolute atomic E-state index is 14.0. The Morgan fingerprint density at radius 2 is 1.53 bits per heavy atom. The number of aromatic nitrogens is 1. The summed E-state index contributed by atoms with van der Waals surface area (Å²) >= 11 is 4.68. The molecule has 0 bridgehead atoms. The van der Waals surface area contributed by atoms with Crippen LogP contribution in [0.1, 0.15) is 43.5 Å². The van der Waals surface area contributed by atoms with Crippen molar-refractivity contribution >= 4 is 39.3 Å². The number of hydrogen-bond donors (Lipinski definition) is 0. The van der Waals surface area contributed by atoms with Crippen molar-refractivity contribution in [2.24, 2.45) is 4.99 Å². The summed E-state index contributed by atoms with van der Waals surface area (Å²) in [5.41, 5.74) is 2.37. The lowest BCUT2D eigenvalue weighted by atomic mass is 9.97. The van der Waals surface area contributed by atoms with Crippen molar-refractivity contribution in [3.8, 4) is 23.0 Å². The third-order valence-electron chi connectivity index (χ3n) is 6.88. The van der Waals surface area contributed by atoms with E-state index in [-0.39, 0.29) is 11.1 Å². The van der Waals surface area contributed by atoms with Gasteiger partial charge in [0.15, 0.2) is 27.8 Å². The van der Waals surface area contributed by atoms with Gasteiger partial charge in [0.25, 0.3) is 5.56 Å². The molecule has 3 aromatic carbocycles. The van der Waals surface area contributed by atoms with Crippen molar-refractivity contribution in [2.75, 3.05) is 26.9 Å². The summed E-state index contributed by atoms with van der Waals surface area (Å²) in [6.45, 7) is 7.38. The van der Waals surface area contributed by atoms with Crippen molar-refractivity contribution in [3.63, 3.8) is 0 Å². The van der Waals surface area contributed by atoms with Crippen molar-refractivity contribution in [2.45, 2.75) is 33.4 Å². The number of methoxy groups -OCH3 is 1. The maximum atomic E-state index is 14.0. The second-order valence-electron chi connectivity index (χ2n) is 9.80. The number of carbonyl (C=O) groups excluding carboxylic acids is 1. The van der Waals surface area contributed by atoms with Crippen molar-refractivity contribution in [1.29, 1.82) is 0 Å². The smallest absolute Gasteiger partial charge is 0.337 e. The molecule has 234 valence electrons. The Bertz CT molecular complexity index is 1900. The van der Waals surface area contributed by atoms with Gasteiger partial charge in [-0.15, -0.1) is 0 Å². The summed E-state index contributed by atoms with van der Waals surface area (Å²) in [7, 11) is 1.30. The van der Waals surface area contributed by atoms with Crippen LogP contribution in [0.5, 0.6) is 23.0 Å². The normalized spacial score (nSPS) is 14.2. The van der Waals surface area contributed by atoms with Crippen LogP contribution in [0.4, 0.5) is 0 Å². The second-order valence-corrected chi connectivity index (χ2v) is 11.7. The highest BCUT2D eigenvalue weighted by Crippen LogP contribution is 2.35. The first-order chi connectivity index (χ1) is 21.9. The molecule has 1 aromatic heterocycles. The number of halogens is 1. The molecule has 0 saturated heterocycles. The van der Waals surface area contributed by atoms with Gasteiger partial charge in [0, 0.05) is 10.7 Å². The molecule has 0 radical (unpaired) electrons. The van der Waals surface area contributed by atoms with Gasteiger partial charge in [-0.1, -0.05) is 51.5 Å². The molecule has 0 amide bonds. The molecule has 1 aliphatic rings. The minimum atomic E-state index is -0.779. The highest BCUT2D eigenvalue weighted by atomic mass is 79.9. The molecule has 0 unspecified atom stereocenters. The zero-order valence-corrected chi connectivity index (χ0v) is 27.8. The largest absolute Gasteiger partial charge is 0.490 e. The molecule has 0 N–H and O–H groups in total. The van der Waals surface area contributed by atoms with E-state index in [1.54, 1.807) is 18.2 Å². The number of esters is 1. The number of fused-ring (bicyclic) bond motifs is 1. The van der Waals surface area contributed by atoms with E-state index >= 15 is 0 Å². The second kappa shape index (κ2) is 14.6. The lowest BCUT2D eigenvalue weighted by Gasteiger charge is -2.23. The minimum Gasteiger partial charge on any atom is -0.490 e. The Labute approximate surface area is 273 Å². The van der Waals surface area contributed by atoms with Gasteiger partial charge in [-0.05, 0) is 79.9 Å². The molecule has 2 heterocycles. The molecule has 0 saturated carbocycles. The quantitative estimate of drug-likeness (QED) is 0.180. The van der Waals surface area contributed by atoms with Crippen LogP contribution in [0.2, 0.25) is 0 Å². The van der Waals surface area contributed by atoms with E-state index in [1.807, 2.05) is 69.3 Å². The Morgan fingerprint density at radius 3 is 2.22 bits per heavy atom. The zero-order valence-electron chi connectivity index (χ0n) is 25.4. The van der Waals surface area contributed by atoms with Crippen LogP contribution in [0.25, 0.3) is 6.08 Å². The standard InChI is InChI=1S/C34H33BrN2O7S/c1-5-41-26-15-11-23(18-29(26)43-7-3)31-25(33(39)40-4)19-36-34-37(31)32(38)30(45-34)17-22-10-14-27(28(16-22)42-6-2)44-20-21-8-12-24(35)13-9-21/h8-19,31H,5-7,20H2,1-4H3/b30-17-/t31-/m0/s1. The van der Waals surface area contributed by atoms with E-state index in [2.05, 4.69) is 20.9 Å². The number of ether oxygens (including phenoxy) is 5. The Hall–Kier alpha value is -4.35. The van der Waals surface area contributed by atoms with Crippen LogP contribution < -0.4 is 33.8 Å². The molecule has 0 aliphatic carbocycles. The number of hydrogen-bond acceptors (Lipinski definition) is 9. The SMILES string of the molecule is CCOc1ccc([C@H]2C(C(=O)OC)=CN=c3s/c(=C\c4ccc(OCc5ccc(Br)cc5)c(OCC)c4)c(=O)n32)cc1OCC. The van der Waals surface area contributed by atoms with Gasteiger partial charge in [-0.3, -0.25) is 9.36 Å². The van der Waals surface area contributed by atoms with Crippen LogP contribution in [-0.4, -0.2) is 37.5 Å². The van der Waals surface area contributed by atoms with Gasteiger partial charge < -0.3 is 23.7 Å². The summed E-state index contributed by atoms with van der Waals surface area (Å²) in [5, 5.41) is 0.